The Morgan fingerprint density at radius 2 is 2.18 bits per heavy atom. The number of hydrogen-bond donors (Lipinski definition) is 2. The van der Waals surface area contributed by atoms with E-state index in [0.29, 0.717) is 12.5 Å². The Balaban J connectivity index is 1.86. The number of carbonyl (C=O) groups is 1. The van der Waals surface area contributed by atoms with Crippen LogP contribution < -0.4 is 10.6 Å². The number of amides is 1. The van der Waals surface area contributed by atoms with Crippen LogP contribution in [0.3, 0.4) is 0 Å². The summed E-state index contributed by atoms with van der Waals surface area (Å²) in [6.07, 6.45) is 2.10. The van der Waals surface area contributed by atoms with E-state index in [4.69, 9.17) is 4.74 Å². The molecule has 2 unspecified atom stereocenters. The lowest BCUT2D eigenvalue weighted by molar-refractivity contribution is 0.0520. The fraction of sp³-hybridized carbons (Fsp3) is 0.750. The second-order valence-electron chi connectivity index (χ2n) is 7.02. The van der Waals surface area contributed by atoms with Gasteiger partial charge in [0.1, 0.15) is 5.60 Å². The first-order valence-electron chi connectivity index (χ1n) is 7.89. The van der Waals surface area contributed by atoms with Crippen LogP contribution in [0.1, 0.15) is 57.1 Å². The van der Waals surface area contributed by atoms with Crippen molar-refractivity contribution in [2.75, 3.05) is 6.54 Å². The van der Waals surface area contributed by atoms with Crippen LogP contribution in [0.2, 0.25) is 0 Å². The summed E-state index contributed by atoms with van der Waals surface area (Å²) in [7, 11) is 0. The Labute approximate surface area is 136 Å². The van der Waals surface area contributed by atoms with Crippen molar-refractivity contribution < 1.29 is 9.53 Å². The van der Waals surface area contributed by atoms with Crippen LogP contribution in [0.25, 0.3) is 0 Å². The summed E-state index contributed by atoms with van der Waals surface area (Å²) in [4.78, 5) is 17.4. The minimum atomic E-state index is -0.459. The molecule has 1 aliphatic rings. The molecule has 2 rings (SSSR count). The number of alkyl carbamates (subject to hydrolysis) is 1. The Bertz CT molecular complexity index is 506. The first-order chi connectivity index (χ1) is 10.3. The van der Waals surface area contributed by atoms with Gasteiger partial charge in [0.05, 0.1) is 11.2 Å². The average Bonchev–Trinajstić information content (AvgIpc) is 3.14. The first-order valence-corrected chi connectivity index (χ1v) is 8.77. The standard InChI is InChI=1S/C16H27N3O2S/c1-10-14(22-9-18-10)11(2)19-13(12-6-7-12)8-17-15(20)21-16(3,4)5/h9,11-13,19H,6-8H2,1-5H3,(H,17,20). The highest BCUT2D eigenvalue weighted by Gasteiger charge is 2.33. The number of hydrogen-bond acceptors (Lipinski definition) is 5. The van der Waals surface area contributed by atoms with E-state index in [1.807, 2.05) is 33.2 Å². The molecule has 1 saturated carbocycles. The molecule has 0 radical (unpaired) electrons. The molecule has 1 amide bonds. The summed E-state index contributed by atoms with van der Waals surface area (Å²) in [6, 6.07) is 0.530. The molecular formula is C16H27N3O2S. The van der Waals surface area contributed by atoms with Crippen molar-refractivity contribution >= 4 is 17.4 Å². The Morgan fingerprint density at radius 3 is 2.68 bits per heavy atom. The van der Waals surface area contributed by atoms with Crippen LogP contribution in [0.15, 0.2) is 5.51 Å². The fourth-order valence-corrected chi connectivity index (χ4v) is 3.31. The monoisotopic (exact) mass is 325 g/mol. The zero-order chi connectivity index (χ0) is 16.3. The zero-order valence-electron chi connectivity index (χ0n) is 14.1. The van der Waals surface area contributed by atoms with Gasteiger partial charge in [0.15, 0.2) is 0 Å². The first kappa shape index (κ1) is 17.2. The van der Waals surface area contributed by atoms with Crippen LogP contribution in [0.4, 0.5) is 4.79 Å². The van der Waals surface area contributed by atoms with Gasteiger partial charge in [-0.15, -0.1) is 11.3 Å². The van der Waals surface area contributed by atoms with Gasteiger partial charge in [0, 0.05) is 23.5 Å². The highest BCUT2D eigenvalue weighted by molar-refractivity contribution is 7.09. The summed E-state index contributed by atoms with van der Waals surface area (Å²) in [5.41, 5.74) is 2.51. The number of ether oxygens (including phenoxy) is 1. The Kier molecular flexibility index (Phi) is 5.45. The normalized spacial score (nSPS) is 17.9. The van der Waals surface area contributed by atoms with E-state index in [-0.39, 0.29) is 18.2 Å². The van der Waals surface area contributed by atoms with Crippen molar-refractivity contribution in [2.45, 2.75) is 65.1 Å². The Hall–Kier alpha value is -1.14. The van der Waals surface area contributed by atoms with E-state index in [1.54, 1.807) is 11.3 Å². The molecule has 5 nitrogen and oxygen atoms in total. The molecule has 1 aromatic rings. The summed E-state index contributed by atoms with van der Waals surface area (Å²) in [5.74, 6) is 0.644. The van der Waals surface area contributed by atoms with Gasteiger partial charge < -0.3 is 15.4 Å². The molecule has 0 bridgehead atoms. The smallest absolute Gasteiger partial charge is 0.407 e. The third kappa shape index (κ3) is 5.25. The predicted octanol–water partition coefficient (Wildman–Crippen LogP) is 3.41. The van der Waals surface area contributed by atoms with Gasteiger partial charge >= 0.3 is 6.09 Å². The summed E-state index contributed by atoms with van der Waals surface area (Å²) >= 11 is 1.68. The van der Waals surface area contributed by atoms with Crippen molar-refractivity contribution in [1.82, 2.24) is 15.6 Å². The number of nitrogens with zero attached hydrogens (tertiary/aromatic N) is 1. The van der Waals surface area contributed by atoms with Gasteiger partial charge in [-0.3, -0.25) is 0 Å². The van der Waals surface area contributed by atoms with E-state index in [9.17, 15) is 4.79 Å². The summed E-state index contributed by atoms with van der Waals surface area (Å²) in [6.45, 7) is 10.4. The third-order valence-electron chi connectivity index (χ3n) is 3.70. The lowest BCUT2D eigenvalue weighted by Crippen LogP contribution is -2.44. The molecule has 1 fully saturated rings. The molecule has 1 heterocycles. The molecule has 0 aliphatic heterocycles. The number of aromatic nitrogens is 1. The molecule has 1 aliphatic carbocycles. The molecule has 2 atom stereocenters. The summed E-state index contributed by atoms with van der Waals surface area (Å²) in [5, 5.41) is 6.53. The van der Waals surface area contributed by atoms with Crippen molar-refractivity contribution in [3.63, 3.8) is 0 Å². The SMILES string of the molecule is Cc1ncsc1C(C)NC(CNC(=O)OC(C)(C)C)C1CC1. The lowest BCUT2D eigenvalue weighted by Gasteiger charge is -2.25. The van der Waals surface area contributed by atoms with Crippen molar-refractivity contribution in [1.29, 1.82) is 0 Å². The van der Waals surface area contributed by atoms with Gasteiger partial charge in [-0.25, -0.2) is 9.78 Å². The van der Waals surface area contributed by atoms with E-state index < -0.39 is 5.60 Å². The molecule has 0 aromatic carbocycles. The third-order valence-corrected chi connectivity index (χ3v) is 4.81. The highest BCUT2D eigenvalue weighted by atomic mass is 32.1. The van der Waals surface area contributed by atoms with E-state index >= 15 is 0 Å². The van der Waals surface area contributed by atoms with E-state index in [0.717, 1.165) is 5.69 Å². The number of rotatable bonds is 6. The van der Waals surface area contributed by atoms with Gasteiger partial charge in [0.2, 0.25) is 0 Å². The van der Waals surface area contributed by atoms with Crippen molar-refractivity contribution in [2.24, 2.45) is 5.92 Å². The molecule has 0 saturated heterocycles. The van der Waals surface area contributed by atoms with Crippen LogP contribution in [-0.4, -0.2) is 29.3 Å². The maximum Gasteiger partial charge on any atom is 0.407 e. The van der Waals surface area contributed by atoms with Gasteiger partial charge in [0.25, 0.3) is 0 Å². The molecule has 1 aromatic heterocycles. The molecule has 0 spiro atoms. The van der Waals surface area contributed by atoms with Crippen LogP contribution in [0, 0.1) is 12.8 Å². The van der Waals surface area contributed by atoms with Crippen LogP contribution >= 0.6 is 11.3 Å². The molecule has 6 heteroatoms. The van der Waals surface area contributed by atoms with Crippen molar-refractivity contribution in [3.05, 3.63) is 16.1 Å². The molecule has 2 N–H and O–H groups in total. The van der Waals surface area contributed by atoms with Crippen molar-refractivity contribution in [3.8, 4) is 0 Å². The zero-order valence-corrected chi connectivity index (χ0v) is 14.9. The maximum absolute atomic E-state index is 11.8. The second-order valence-corrected chi connectivity index (χ2v) is 7.90. The fourth-order valence-electron chi connectivity index (χ4n) is 2.49. The van der Waals surface area contributed by atoms with Gasteiger partial charge in [-0.2, -0.15) is 0 Å². The number of carbonyl (C=O) groups excluding carboxylic acids is 1. The predicted molar refractivity (Wildman–Crippen MR) is 89.2 cm³/mol. The van der Waals surface area contributed by atoms with Crippen LogP contribution in [-0.2, 0) is 4.74 Å². The van der Waals surface area contributed by atoms with Crippen LogP contribution in [0.5, 0.6) is 0 Å². The summed E-state index contributed by atoms with van der Waals surface area (Å²) < 4.78 is 5.30. The molecule has 124 valence electrons. The number of aryl methyl sites for hydroxylation is 1. The van der Waals surface area contributed by atoms with E-state index in [2.05, 4.69) is 22.5 Å². The minimum Gasteiger partial charge on any atom is -0.444 e. The second kappa shape index (κ2) is 6.96. The largest absolute Gasteiger partial charge is 0.444 e. The maximum atomic E-state index is 11.8. The average molecular weight is 325 g/mol. The quantitative estimate of drug-likeness (QED) is 0.841. The molecule has 22 heavy (non-hydrogen) atoms. The Morgan fingerprint density at radius 1 is 1.50 bits per heavy atom. The van der Waals surface area contributed by atoms with E-state index in [1.165, 1.54) is 17.7 Å². The minimum absolute atomic E-state index is 0.249. The highest BCUT2D eigenvalue weighted by Crippen LogP contribution is 2.34. The topological polar surface area (TPSA) is 63.2 Å². The number of nitrogens with one attached hydrogen (secondary N) is 2. The lowest BCUT2D eigenvalue weighted by atomic mass is 10.1. The molecular weight excluding hydrogens is 298 g/mol. The van der Waals surface area contributed by atoms with Gasteiger partial charge in [-0.05, 0) is 53.4 Å². The van der Waals surface area contributed by atoms with Gasteiger partial charge in [-0.1, -0.05) is 0 Å². The number of thiazole rings is 1.